The normalized spacial score (nSPS) is 18.6. The van der Waals surface area contributed by atoms with E-state index in [9.17, 15) is 0 Å². The zero-order valence-corrected chi connectivity index (χ0v) is 11.9. The molecule has 3 nitrogen and oxygen atoms in total. The van der Waals surface area contributed by atoms with Crippen LogP contribution in [0.3, 0.4) is 0 Å². The lowest BCUT2D eigenvalue weighted by Crippen LogP contribution is -2.38. The molecule has 2 N–H and O–H groups in total. The van der Waals surface area contributed by atoms with Crippen molar-refractivity contribution in [3.63, 3.8) is 0 Å². The molecule has 1 aliphatic heterocycles. The van der Waals surface area contributed by atoms with Crippen LogP contribution in [0.4, 0.5) is 0 Å². The summed E-state index contributed by atoms with van der Waals surface area (Å²) in [7, 11) is 0. The number of hydrogen-bond acceptors (Lipinski definition) is 3. The zero-order valence-electron chi connectivity index (χ0n) is 11.2. The first-order valence-electron chi connectivity index (χ1n) is 6.55. The lowest BCUT2D eigenvalue weighted by atomic mass is 10.0. The molecule has 0 spiro atoms. The van der Waals surface area contributed by atoms with E-state index in [-0.39, 0.29) is 12.1 Å². The molecule has 2 atom stereocenters. The molecule has 0 fully saturated rings. The van der Waals surface area contributed by atoms with Crippen molar-refractivity contribution in [3.8, 4) is 11.5 Å². The van der Waals surface area contributed by atoms with E-state index < -0.39 is 0 Å². The first-order valence-corrected chi connectivity index (χ1v) is 6.93. The van der Waals surface area contributed by atoms with E-state index in [0.717, 1.165) is 27.6 Å². The Morgan fingerprint density at radius 2 is 1.95 bits per heavy atom. The fourth-order valence-electron chi connectivity index (χ4n) is 2.24. The van der Waals surface area contributed by atoms with Crippen molar-refractivity contribution in [2.24, 2.45) is 5.73 Å². The van der Waals surface area contributed by atoms with Crippen LogP contribution in [-0.2, 0) is 0 Å². The van der Waals surface area contributed by atoms with Gasteiger partial charge in [-0.2, -0.15) is 0 Å². The number of nitrogens with two attached hydrogens (primary N) is 1. The first kappa shape index (κ1) is 13.3. The van der Waals surface area contributed by atoms with Crippen molar-refractivity contribution >= 4 is 11.6 Å². The maximum atomic E-state index is 6.28. The number of halogens is 1. The fraction of sp³-hybridized carbons (Fsp3) is 0.250. The van der Waals surface area contributed by atoms with Crippen LogP contribution in [0.15, 0.2) is 42.5 Å². The molecular weight excluding hydrogens is 274 g/mol. The van der Waals surface area contributed by atoms with Gasteiger partial charge in [0.05, 0.1) is 6.04 Å². The van der Waals surface area contributed by atoms with Crippen molar-refractivity contribution < 1.29 is 9.47 Å². The molecule has 4 heteroatoms. The average Bonchev–Trinajstić information content (AvgIpc) is 2.49. The van der Waals surface area contributed by atoms with Crippen molar-refractivity contribution in [1.29, 1.82) is 0 Å². The number of rotatable bonds is 2. The molecule has 1 aliphatic rings. The van der Waals surface area contributed by atoms with E-state index in [0.29, 0.717) is 6.61 Å². The SMILES string of the molecule is Cc1ccc(C(N)C2COc3ccccc3O2)cc1Cl. The monoisotopic (exact) mass is 289 g/mol. The molecular formula is C16H16ClNO2. The van der Waals surface area contributed by atoms with Gasteiger partial charge in [0.2, 0.25) is 0 Å². The van der Waals surface area contributed by atoms with Crippen molar-refractivity contribution in [2.75, 3.05) is 6.61 Å². The van der Waals surface area contributed by atoms with Crippen LogP contribution in [0.1, 0.15) is 17.2 Å². The minimum absolute atomic E-state index is 0.219. The van der Waals surface area contributed by atoms with Gasteiger partial charge in [-0.3, -0.25) is 0 Å². The van der Waals surface area contributed by atoms with E-state index in [1.54, 1.807) is 0 Å². The van der Waals surface area contributed by atoms with Gasteiger partial charge in [-0.1, -0.05) is 35.9 Å². The lowest BCUT2D eigenvalue weighted by molar-refractivity contribution is 0.0721. The summed E-state index contributed by atoms with van der Waals surface area (Å²) in [6.45, 7) is 2.40. The van der Waals surface area contributed by atoms with Crippen LogP contribution >= 0.6 is 11.6 Å². The second-order valence-electron chi connectivity index (χ2n) is 4.95. The van der Waals surface area contributed by atoms with Crippen molar-refractivity contribution in [2.45, 2.75) is 19.1 Å². The Labute approximate surface area is 123 Å². The molecule has 1 heterocycles. The molecule has 2 unspecified atom stereocenters. The van der Waals surface area contributed by atoms with Gasteiger partial charge in [-0.25, -0.2) is 0 Å². The summed E-state index contributed by atoms with van der Waals surface area (Å²) < 4.78 is 11.6. The van der Waals surface area contributed by atoms with Crippen LogP contribution in [0, 0.1) is 6.92 Å². The number of para-hydroxylation sites is 2. The molecule has 2 aromatic rings. The Bertz CT molecular complexity index is 630. The molecule has 0 aliphatic carbocycles. The minimum atomic E-state index is -0.276. The molecule has 0 aromatic heterocycles. The minimum Gasteiger partial charge on any atom is -0.486 e. The Hall–Kier alpha value is -1.71. The number of hydrogen-bond donors (Lipinski definition) is 1. The van der Waals surface area contributed by atoms with Gasteiger partial charge in [0, 0.05) is 5.02 Å². The molecule has 0 saturated heterocycles. The third-order valence-corrected chi connectivity index (χ3v) is 3.92. The van der Waals surface area contributed by atoms with E-state index in [1.165, 1.54) is 0 Å². The Morgan fingerprint density at radius 1 is 1.20 bits per heavy atom. The summed E-state index contributed by atoms with van der Waals surface area (Å²) in [5, 5.41) is 0.718. The maximum Gasteiger partial charge on any atom is 0.161 e. The van der Waals surface area contributed by atoms with Gasteiger partial charge in [0.25, 0.3) is 0 Å². The van der Waals surface area contributed by atoms with Crippen LogP contribution in [0.5, 0.6) is 11.5 Å². The summed E-state index contributed by atoms with van der Waals surface area (Å²) in [6.07, 6.45) is -0.219. The Balaban J connectivity index is 1.82. The Morgan fingerprint density at radius 3 is 2.70 bits per heavy atom. The topological polar surface area (TPSA) is 44.5 Å². The maximum absolute atomic E-state index is 6.28. The molecule has 104 valence electrons. The van der Waals surface area contributed by atoms with Gasteiger partial charge in [0.1, 0.15) is 6.61 Å². The second-order valence-corrected chi connectivity index (χ2v) is 5.36. The number of fused-ring (bicyclic) bond motifs is 1. The van der Waals surface area contributed by atoms with Crippen LogP contribution < -0.4 is 15.2 Å². The van der Waals surface area contributed by atoms with Gasteiger partial charge in [-0.15, -0.1) is 0 Å². The van der Waals surface area contributed by atoms with Crippen LogP contribution in [0.2, 0.25) is 5.02 Å². The predicted molar refractivity (Wildman–Crippen MR) is 79.5 cm³/mol. The third-order valence-electron chi connectivity index (χ3n) is 3.51. The van der Waals surface area contributed by atoms with E-state index in [4.69, 9.17) is 26.8 Å². The largest absolute Gasteiger partial charge is 0.486 e. The second kappa shape index (κ2) is 5.35. The highest BCUT2D eigenvalue weighted by Crippen LogP contribution is 2.34. The summed E-state index contributed by atoms with van der Waals surface area (Å²) in [5.74, 6) is 1.50. The molecule has 0 amide bonds. The van der Waals surface area contributed by atoms with Crippen molar-refractivity contribution in [1.82, 2.24) is 0 Å². The highest BCUT2D eigenvalue weighted by molar-refractivity contribution is 6.31. The highest BCUT2D eigenvalue weighted by Gasteiger charge is 2.27. The molecule has 20 heavy (non-hydrogen) atoms. The summed E-state index contributed by atoms with van der Waals surface area (Å²) in [4.78, 5) is 0. The lowest BCUT2D eigenvalue weighted by Gasteiger charge is -2.30. The number of ether oxygens (including phenoxy) is 2. The number of aryl methyl sites for hydroxylation is 1. The van der Waals surface area contributed by atoms with Crippen LogP contribution in [-0.4, -0.2) is 12.7 Å². The quantitative estimate of drug-likeness (QED) is 0.920. The third kappa shape index (κ3) is 2.47. The van der Waals surface area contributed by atoms with Gasteiger partial charge in [0.15, 0.2) is 17.6 Å². The van der Waals surface area contributed by atoms with Crippen molar-refractivity contribution in [3.05, 3.63) is 58.6 Å². The number of benzene rings is 2. The van der Waals surface area contributed by atoms with E-state index >= 15 is 0 Å². The molecule has 0 bridgehead atoms. The summed E-state index contributed by atoms with van der Waals surface area (Å²) in [5.41, 5.74) is 8.27. The molecule has 0 radical (unpaired) electrons. The smallest absolute Gasteiger partial charge is 0.161 e. The van der Waals surface area contributed by atoms with Gasteiger partial charge < -0.3 is 15.2 Å². The van der Waals surface area contributed by atoms with E-state index in [1.807, 2.05) is 49.4 Å². The van der Waals surface area contributed by atoms with Crippen LogP contribution in [0.25, 0.3) is 0 Å². The molecule has 3 rings (SSSR count). The first-order chi connectivity index (χ1) is 9.65. The fourth-order valence-corrected chi connectivity index (χ4v) is 2.43. The Kier molecular flexibility index (Phi) is 3.55. The van der Waals surface area contributed by atoms with E-state index in [2.05, 4.69) is 0 Å². The molecule has 0 saturated carbocycles. The summed E-state index contributed by atoms with van der Waals surface area (Å²) in [6, 6.07) is 13.2. The highest BCUT2D eigenvalue weighted by atomic mass is 35.5. The summed E-state index contributed by atoms with van der Waals surface area (Å²) >= 11 is 6.15. The molecule has 2 aromatic carbocycles. The predicted octanol–water partition coefficient (Wildman–Crippen LogP) is 3.49. The average molecular weight is 290 g/mol. The zero-order chi connectivity index (χ0) is 14.1. The standard InChI is InChI=1S/C16H16ClNO2/c1-10-6-7-11(8-12(10)17)16(18)15-9-19-13-4-2-3-5-14(13)20-15/h2-8,15-16H,9,18H2,1H3. The van der Waals surface area contributed by atoms with Gasteiger partial charge in [-0.05, 0) is 36.2 Å². The van der Waals surface area contributed by atoms with Gasteiger partial charge >= 0.3 is 0 Å².